The van der Waals surface area contributed by atoms with Gasteiger partial charge >= 0.3 is 5.69 Å². The fraction of sp³-hybridized carbons (Fsp3) is 0.448. The van der Waals surface area contributed by atoms with Gasteiger partial charge in [-0.1, -0.05) is 31.1 Å². The van der Waals surface area contributed by atoms with Crippen LogP contribution in [0.25, 0.3) is 11.0 Å². The van der Waals surface area contributed by atoms with Gasteiger partial charge in [-0.2, -0.15) is 15.2 Å². The van der Waals surface area contributed by atoms with Gasteiger partial charge in [-0.3, -0.25) is 9.47 Å². The molecule has 40 heavy (non-hydrogen) atoms. The maximum absolute atomic E-state index is 13.9. The molecule has 0 unspecified atom stereocenters. The molecular formula is C29H31FN8O2. The molecule has 4 aromatic rings. The van der Waals surface area contributed by atoms with Gasteiger partial charge in [0.15, 0.2) is 11.6 Å². The van der Waals surface area contributed by atoms with Gasteiger partial charge in [0.25, 0.3) is 0 Å². The number of nitriles is 1. The summed E-state index contributed by atoms with van der Waals surface area (Å²) in [6.45, 7) is 5.41. The number of hydrogen-bond donors (Lipinski definition) is 0. The number of halogens is 1. The summed E-state index contributed by atoms with van der Waals surface area (Å²) < 4.78 is 21.2. The van der Waals surface area contributed by atoms with Crippen LogP contribution in [-0.4, -0.2) is 54.7 Å². The van der Waals surface area contributed by atoms with E-state index in [1.54, 1.807) is 31.3 Å². The minimum atomic E-state index is -0.373. The number of pyridine rings is 1. The Morgan fingerprint density at radius 1 is 1.05 bits per heavy atom. The molecule has 0 spiro atoms. The van der Waals surface area contributed by atoms with Crippen LogP contribution < -0.4 is 10.6 Å². The van der Waals surface area contributed by atoms with Gasteiger partial charge in [0.1, 0.15) is 29.1 Å². The summed E-state index contributed by atoms with van der Waals surface area (Å²) in [7, 11) is 1.66. The molecule has 3 atom stereocenters. The summed E-state index contributed by atoms with van der Waals surface area (Å²) in [6, 6.07) is 11.6. The zero-order chi connectivity index (χ0) is 28.0. The van der Waals surface area contributed by atoms with E-state index in [0.717, 1.165) is 37.1 Å². The molecule has 0 amide bonds. The molecule has 0 bridgehead atoms. The van der Waals surface area contributed by atoms with Crippen molar-refractivity contribution in [2.45, 2.75) is 63.6 Å². The SMILES string of the molecule is CC[C@H]1CN([C@@H](c2ccc(F)cc2)c2nc(C3CC3)no2)[C@H](CC)CN1c1nc(=O)n(C)c2ccc(C#N)nc12. The molecule has 1 saturated carbocycles. The smallest absolute Gasteiger partial charge is 0.349 e. The highest BCUT2D eigenvalue weighted by atomic mass is 19.1. The number of benzene rings is 1. The Morgan fingerprint density at radius 2 is 1.80 bits per heavy atom. The average Bonchev–Trinajstić information content (AvgIpc) is 3.72. The van der Waals surface area contributed by atoms with Crippen LogP contribution in [0.3, 0.4) is 0 Å². The first-order valence-electron chi connectivity index (χ1n) is 13.8. The van der Waals surface area contributed by atoms with Crippen LogP contribution in [0.2, 0.25) is 0 Å². The predicted molar refractivity (Wildman–Crippen MR) is 146 cm³/mol. The first-order chi connectivity index (χ1) is 19.4. The first kappa shape index (κ1) is 26.1. The molecule has 1 aliphatic heterocycles. The Labute approximate surface area is 231 Å². The monoisotopic (exact) mass is 542 g/mol. The van der Waals surface area contributed by atoms with E-state index in [1.165, 1.54) is 16.7 Å². The maximum Gasteiger partial charge on any atom is 0.349 e. The Balaban J connectivity index is 1.43. The van der Waals surface area contributed by atoms with Gasteiger partial charge in [0.05, 0.1) is 5.52 Å². The highest BCUT2D eigenvalue weighted by Crippen LogP contribution is 2.41. The highest BCUT2D eigenvalue weighted by Gasteiger charge is 2.41. The van der Waals surface area contributed by atoms with Crippen LogP contribution in [0.15, 0.2) is 45.7 Å². The lowest BCUT2D eigenvalue weighted by Gasteiger charge is -2.48. The third-order valence-corrected chi connectivity index (χ3v) is 8.15. The van der Waals surface area contributed by atoms with E-state index in [-0.39, 0.29) is 35.3 Å². The number of fused-ring (bicyclic) bond motifs is 1. The molecular weight excluding hydrogens is 511 g/mol. The van der Waals surface area contributed by atoms with Crippen LogP contribution in [0.4, 0.5) is 10.2 Å². The first-order valence-corrected chi connectivity index (χ1v) is 13.8. The standard InChI is InChI=1S/C29H31FN8O2/c1-4-21-16-38(27-24-23(36(3)29(39)34-27)13-12-20(14-31)32-24)22(5-2)15-37(21)25(17-8-10-19(30)11-9-17)28-33-26(35-40-28)18-6-7-18/h8-13,18,21-22,25H,4-7,15-16H2,1-3H3/t21-,22+,25+/m1/s1. The summed E-state index contributed by atoms with van der Waals surface area (Å²) in [5.74, 6) is 1.78. The number of hydrogen-bond acceptors (Lipinski definition) is 9. The zero-order valence-electron chi connectivity index (χ0n) is 22.8. The Morgan fingerprint density at radius 3 is 2.48 bits per heavy atom. The van der Waals surface area contributed by atoms with Crippen LogP contribution in [-0.2, 0) is 7.05 Å². The van der Waals surface area contributed by atoms with Crippen molar-refractivity contribution in [1.82, 2.24) is 29.6 Å². The van der Waals surface area contributed by atoms with E-state index in [1.807, 2.05) is 0 Å². The molecule has 3 aromatic heterocycles. The summed E-state index contributed by atoms with van der Waals surface area (Å²) in [5, 5.41) is 13.8. The molecule has 6 rings (SSSR count). The van der Waals surface area contributed by atoms with Crippen molar-refractivity contribution in [2.75, 3.05) is 18.0 Å². The van der Waals surface area contributed by atoms with Gasteiger partial charge in [0, 0.05) is 38.1 Å². The lowest BCUT2D eigenvalue weighted by molar-refractivity contribution is 0.0930. The van der Waals surface area contributed by atoms with Gasteiger partial charge in [0.2, 0.25) is 5.89 Å². The van der Waals surface area contributed by atoms with Crippen molar-refractivity contribution < 1.29 is 8.91 Å². The van der Waals surface area contributed by atoms with Crippen molar-refractivity contribution in [3.8, 4) is 6.07 Å². The molecule has 10 nitrogen and oxygen atoms in total. The molecule has 206 valence electrons. The molecule has 1 aromatic carbocycles. The van der Waals surface area contributed by atoms with Crippen molar-refractivity contribution in [3.05, 3.63) is 75.7 Å². The van der Waals surface area contributed by atoms with Crippen molar-refractivity contribution in [1.29, 1.82) is 5.26 Å². The molecule has 11 heteroatoms. The summed E-state index contributed by atoms with van der Waals surface area (Å²) in [4.78, 5) is 31.2. The normalized spacial score (nSPS) is 20.5. The molecule has 0 N–H and O–H groups in total. The van der Waals surface area contributed by atoms with E-state index in [4.69, 9.17) is 9.51 Å². The van der Waals surface area contributed by atoms with E-state index < -0.39 is 0 Å². The third kappa shape index (κ3) is 4.62. The second kappa shape index (κ2) is 10.4. The van der Waals surface area contributed by atoms with Crippen LogP contribution in [0, 0.1) is 17.1 Å². The summed E-state index contributed by atoms with van der Waals surface area (Å²) >= 11 is 0. The maximum atomic E-state index is 13.9. The van der Waals surface area contributed by atoms with Gasteiger partial charge < -0.3 is 9.42 Å². The summed E-state index contributed by atoms with van der Waals surface area (Å²) in [5.41, 5.74) is 1.94. The molecule has 0 radical (unpaired) electrons. The third-order valence-electron chi connectivity index (χ3n) is 8.15. The number of nitrogens with zero attached hydrogens (tertiary/aromatic N) is 8. The molecule has 2 fully saturated rings. The lowest BCUT2D eigenvalue weighted by Crippen LogP contribution is -2.59. The molecule has 1 saturated heterocycles. The second-order valence-corrected chi connectivity index (χ2v) is 10.6. The number of aryl methyl sites for hydroxylation is 1. The van der Waals surface area contributed by atoms with Crippen molar-refractivity contribution >= 4 is 16.9 Å². The fourth-order valence-corrected chi connectivity index (χ4v) is 5.72. The fourth-order valence-electron chi connectivity index (χ4n) is 5.72. The van der Waals surface area contributed by atoms with Crippen molar-refractivity contribution in [3.63, 3.8) is 0 Å². The molecule has 2 aliphatic rings. The number of aromatic nitrogens is 5. The van der Waals surface area contributed by atoms with Crippen LogP contribution in [0.1, 0.15) is 74.5 Å². The van der Waals surface area contributed by atoms with Crippen LogP contribution in [0.5, 0.6) is 0 Å². The van der Waals surface area contributed by atoms with Crippen LogP contribution >= 0.6 is 0 Å². The minimum absolute atomic E-state index is 0.0214. The molecule has 4 heterocycles. The Hall–Kier alpha value is -4.17. The Kier molecular flexibility index (Phi) is 6.80. The number of rotatable bonds is 7. The number of piperazine rings is 1. The second-order valence-electron chi connectivity index (χ2n) is 10.6. The van der Waals surface area contributed by atoms with E-state index in [2.05, 4.69) is 44.8 Å². The Bertz CT molecular complexity index is 1640. The van der Waals surface area contributed by atoms with Gasteiger partial charge in [-0.25, -0.2) is 14.2 Å². The topological polar surface area (TPSA) is 117 Å². The highest BCUT2D eigenvalue weighted by molar-refractivity contribution is 5.86. The van der Waals surface area contributed by atoms with Gasteiger partial charge in [-0.15, -0.1) is 0 Å². The van der Waals surface area contributed by atoms with E-state index in [9.17, 15) is 14.4 Å². The molecule has 1 aliphatic carbocycles. The predicted octanol–water partition coefficient (Wildman–Crippen LogP) is 4.07. The van der Waals surface area contributed by atoms with E-state index >= 15 is 0 Å². The summed E-state index contributed by atoms with van der Waals surface area (Å²) in [6.07, 6.45) is 3.70. The zero-order valence-corrected chi connectivity index (χ0v) is 22.8. The average molecular weight is 543 g/mol. The largest absolute Gasteiger partial charge is 0.349 e. The lowest BCUT2D eigenvalue weighted by atomic mass is 9.96. The van der Waals surface area contributed by atoms with E-state index in [0.29, 0.717) is 41.7 Å². The minimum Gasteiger partial charge on any atom is -0.349 e. The quantitative estimate of drug-likeness (QED) is 0.341. The number of anilines is 1. The van der Waals surface area contributed by atoms with Crippen molar-refractivity contribution in [2.24, 2.45) is 7.05 Å². The van der Waals surface area contributed by atoms with Gasteiger partial charge in [-0.05, 0) is 55.5 Å².